The molecule has 1 aliphatic rings. The van der Waals surface area contributed by atoms with Gasteiger partial charge in [0.25, 0.3) is 11.7 Å². The van der Waals surface area contributed by atoms with E-state index in [0.717, 1.165) is 4.90 Å². The molecule has 0 bridgehead atoms. The molecule has 4 rings (SSSR count). The van der Waals surface area contributed by atoms with Crippen molar-refractivity contribution in [1.29, 1.82) is 0 Å². The number of fused-ring (bicyclic) bond motifs is 1. The van der Waals surface area contributed by atoms with E-state index in [1.54, 1.807) is 48.5 Å². The average Bonchev–Trinajstić information content (AvgIpc) is 2.79. The van der Waals surface area contributed by atoms with Crippen molar-refractivity contribution in [3.05, 3.63) is 88.5 Å². The second-order valence-electron chi connectivity index (χ2n) is 6.90. The number of para-hydroxylation sites is 1. The van der Waals surface area contributed by atoms with Gasteiger partial charge in [-0.15, -0.1) is 0 Å². The van der Waals surface area contributed by atoms with Gasteiger partial charge in [0.15, 0.2) is 5.75 Å². The summed E-state index contributed by atoms with van der Waals surface area (Å²) in [4.78, 5) is 42.0. The number of rotatable bonds is 5. The van der Waals surface area contributed by atoms with E-state index in [9.17, 15) is 19.7 Å². The third kappa shape index (κ3) is 3.93. The average molecular weight is 418 g/mol. The molecule has 2 heterocycles. The summed E-state index contributed by atoms with van der Waals surface area (Å²) in [5.74, 6) is -1.34. The van der Waals surface area contributed by atoms with Gasteiger partial charge in [0.05, 0.1) is 0 Å². The van der Waals surface area contributed by atoms with Crippen LogP contribution in [0.3, 0.4) is 0 Å². The normalized spacial score (nSPS) is 16.1. The third-order valence-electron chi connectivity index (χ3n) is 4.86. The summed E-state index contributed by atoms with van der Waals surface area (Å²) in [6.45, 7) is 1.54. The number of hydrogen-bond donors (Lipinski definition) is 1. The number of amides is 2. The Hall–Kier alpha value is -4.27. The molecule has 2 aromatic carbocycles. The second-order valence-corrected chi connectivity index (χ2v) is 6.90. The molecule has 0 fully saturated rings. The standard InChI is InChI=1S/C22H18N4O5/c1-14(21(27)23-16-10-6-3-7-11-16)25-20-17(12-13-18(24-20)26(29)30)31-19(22(25)28)15-8-4-2-5-9-15/h2-14,19H,1H3,(H,23,27). The zero-order chi connectivity index (χ0) is 22.0. The molecule has 1 aromatic heterocycles. The smallest absolute Gasteiger partial charge is 0.366 e. The number of nitro groups is 1. The summed E-state index contributed by atoms with van der Waals surface area (Å²) in [5, 5.41) is 14.0. The molecular weight excluding hydrogens is 400 g/mol. The van der Waals surface area contributed by atoms with E-state index in [2.05, 4.69) is 10.3 Å². The minimum atomic E-state index is -1.01. The van der Waals surface area contributed by atoms with E-state index in [1.165, 1.54) is 19.1 Å². The quantitative estimate of drug-likeness (QED) is 0.501. The molecule has 0 saturated carbocycles. The van der Waals surface area contributed by atoms with Gasteiger partial charge in [0, 0.05) is 17.3 Å². The Kier molecular flexibility index (Phi) is 5.31. The molecular formula is C22H18N4O5. The minimum Gasteiger partial charge on any atom is -0.469 e. The fourth-order valence-electron chi connectivity index (χ4n) is 3.30. The lowest BCUT2D eigenvalue weighted by Gasteiger charge is -2.34. The first-order valence-electron chi connectivity index (χ1n) is 9.51. The highest BCUT2D eigenvalue weighted by Gasteiger charge is 2.44. The molecule has 1 aliphatic heterocycles. The maximum atomic E-state index is 13.4. The zero-order valence-electron chi connectivity index (χ0n) is 16.5. The van der Waals surface area contributed by atoms with Crippen molar-refractivity contribution in [1.82, 2.24) is 4.98 Å². The number of nitrogens with zero attached hydrogens (tertiary/aromatic N) is 3. The van der Waals surface area contributed by atoms with Crippen molar-refractivity contribution in [3.8, 4) is 5.75 Å². The molecule has 9 heteroatoms. The molecule has 31 heavy (non-hydrogen) atoms. The van der Waals surface area contributed by atoms with E-state index in [1.807, 2.05) is 12.1 Å². The van der Waals surface area contributed by atoms with E-state index in [-0.39, 0.29) is 11.6 Å². The summed E-state index contributed by atoms with van der Waals surface area (Å²) >= 11 is 0. The Bertz CT molecular complexity index is 1140. The highest BCUT2D eigenvalue weighted by Crippen LogP contribution is 2.39. The second kappa shape index (κ2) is 8.23. The molecule has 0 saturated heterocycles. The first-order chi connectivity index (χ1) is 15.0. The van der Waals surface area contributed by atoms with Gasteiger partial charge in [0.1, 0.15) is 6.04 Å². The van der Waals surface area contributed by atoms with Crippen molar-refractivity contribution in [2.24, 2.45) is 0 Å². The van der Waals surface area contributed by atoms with Crippen LogP contribution in [0.4, 0.5) is 17.3 Å². The van der Waals surface area contributed by atoms with Crippen LogP contribution in [0.2, 0.25) is 0 Å². The topological polar surface area (TPSA) is 115 Å². The van der Waals surface area contributed by atoms with E-state index in [4.69, 9.17) is 4.74 Å². The van der Waals surface area contributed by atoms with Gasteiger partial charge < -0.3 is 20.2 Å². The number of carbonyl (C=O) groups is 2. The van der Waals surface area contributed by atoms with Crippen LogP contribution in [0.5, 0.6) is 5.75 Å². The zero-order valence-corrected chi connectivity index (χ0v) is 16.5. The molecule has 0 radical (unpaired) electrons. The first-order valence-corrected chi connectivity index (χ1v) is 9.51. The van der Waals surface area contributed by atoms with Crippen molar-refractivity contribution in [2.75, 3.05) is 10.2 Å². The Morgan fingerprint density at radius 3 is 2.39 bits per heavy atom. The lowest BCUT2D eigenvalue weighted by atomic mass is 10.0. The van der Waals surface area contributed by atoms with Crippen molar-refractivity contribution in [3.63, 3.8) is 0 Å². The Morgan fingerprint density at radius 1 is 1.10 bits per heavy atom. The van der Waals surface area contributed by atoms with Crippen LogP contribution in [-0.4, -0.2) is 27.8 Å². The van der Waals surface area contributed by atoms with Gasteiger partial charge in [-0.2, -0.15) is 0 Å². The van der Waals surface area contributed by atoms with Gasteiger partial charge >= 0.3 is 5.82 Å². The number of hydrogen-bond acceptors (Lipinski definition) is 6. The minimum absolute atomic E-state index is 0.0675. The van der Waals surface area contributed by atoms with E-state index in [0.29, 0.717) is 11.3 Å². The van der Waals surface area contributed by atoms with Crippen LogP contribution >= 0.6 is 0 Å². The van der Waals surface area contributed by atoms with Crippen LogP contribution in [0.25, 0.3) is 0 Å². The largest absolute Gasteiger partial charge is 0.469 e. The maximum absolute atomic E-state index is 13.4. The third-order valence-corrected chi connectivity index (χ3v) is 4.86. The monoisotopic (exact) mass is 418 g/mol. The van der Waals surface area contributed by atoms with Crippen LogP contribution < -0.4 is 15.0 Å². The summed E-state index contributed by atoms with van der Waals surface area (Å²) < 4.78 is 5.84. The summed E-state index contributed by atoms with van der Waals surface area (Å²) in [6, 6.07) is 19.2. The summed E-state index contributed by atoms with van der Waals surface area (Å²) in [7, 11) is 0. The van der Waals surface area contributed by atoms with Gasteiger partial charge in [-0.25, -0.2) is 0 Å². The molecule has 0 aliphatic carbocycles. The highest BCUT2D eigenvalue weighted by atomic mass is 16.6. The number of benzene rings is 2. The molecule has 1 N–H and O–H groups in total. The molecule has 2 unspecified atom stereocenters. The van der Waals surface area contributed by atoms with Crippen molar-refractivity contribution in [2.45, 2.75) is 19.1 Å². The lowest BCUT2D eigenvalue weighted by Crippen LogP contribution is -2.51. The fourth-order valence-corrected chi connectivity index (χ4v) is 3.30. The Balaban J connectivity index is 1.74. The molecule has 2 atom stereocenters. The van der Waals surface area contributed by atoms with E-state index < -0.39 is 34.7 Å². The predicted octanol–water partition coefficient (Wildman–Crippen LogP) is 3.48. The molecule has 2 amide bonds. The summed E-state index contributed by atoms with van der Waals surface area (Å²) in [6.07, 6.45) is -1.01. The maximum Gasteiger partial charge on any atom is 0.366 e. The van der Waals surface area contributed by atoms with Gasteiger partial charge in [-0.3, -0.25) is 14.5 Å². The van der Waals surface area contributed by atoms with Crippen LogP contribution in [0, 0.1) is 10.1 Å². The summed E-state index contributed by atoms with van der Waals surface area (Å²) in [5.41, 5.74) is 1.16. The van der Waals surface area contributed by atoms with Crippen molar-refractivity contribution < 1.29 is 19.2 Å². The number of nitrogens with one attached hydrogen (secondary N) is 1. The fraction of sp³-hybridized carbons (Fsp3) is 0.136. The molecule has 9 nitrogen and oxygen atoms in total. The number of aromatic nitrogens is 1. The van der Waals surface area contributed by atoms with Gasteiger partial charge in [0.2, 0.25) is 12.0 Å². The van der Waals surface area contributed by atoms with E-state index >= 15 is 0 Å². The van der Waals surface area contributed by atoms with Crippen LogP contribution in [0.1, 0.15) is 18.6 Å². The first kappa shape index (κ1) is 20.0. The number of pyridine rings is 1. The van der Waals surface area contributed by atoms with Crippen molar-refractivity contribution >= 4 is 29.1 Å². The Morgan fingerprint density at radius 2 is 1.74 bits per heavy atom. The van der Waals surface area contributed by atoms with Crippen LogP contribution in [0.15, 0.2) is 72.8 Å². The number of carbonyl (C=O) groups excluding carboxylic acids is 2. The molecule has 0 spiro atoms. The SMILES string of the molecule is CC(C(=O)Nc1ccccc1)N1C(=O)C(c2ccccc2)Oc2ccc([N+](=O)[O-])nc21. The number of anilines is 2. The number of ether oxygens (including phenoxy) is 1. The Labute approximate surface area is 177 Å². The van der Waals surface area contributed by atoms with Crippen LogP contribution in [-0.2, 0) is 9.59 Å². The molecule has 156 valence electrons. The predicted molar refractivity (Wildman–Crippen MR) is 113 cm³/mol. The molecule has 3 aromatic rings. The highest BCUT2D eigenvalue weighted by molar-refractivity contribution is 6.07. The lowest BCUT2D eigenvalue weighted by molar-refractivity contribution is -0.389. The van der Waals surface area contributed by atoms with Gasteiger partial charge in [-0.1, -0.05) is 48.5 Å². The van der Waals surface area contributed by atoms with Gasteiger partial charge in [-0.05, 0) is 35.0 Å².